The molecule has 2 aliphatic heterocycles. The van der Waals surface area contributed by atoms with Crippen LogP contribution >= 0.6 is 23.2 Å². The first-order valence-electron chi connectivity index (χ1n) is 9.59. The van der Waals surface area contributed by atoms with E-state index < -0.39 is 21.3 Å². The van der Waals surface area contributed by atoms with E-state index in [2.05, 4.69) is 4.90 Å². The summed E-state index contributed by atoms with van der Waals surface area (Å²) < 4.78 is 45.2. The van der Waals surface area contributed by atoms with Gasteiger partial charge >= 0.3 is 0 Å². The molecule has 0 saturated carbocycles. The van der Waals surface area contributed by atoms with Gasteiger partial charge in [0, 0.05) is 26.2 Å². The van der Waals surface area contributed by atoms with Crippen molar-refractivity contribution in [3.63, 3.8) is 0 Å². The fraction of sp³-hybridized carbons (Fsp3) is 0.350. The first-order valence-corrected chi connectivity index (χ1v) is 11.8. The second-order valence-electron chi connectivity index (χ2n) is 7.18. The second kappa shape index (κ2) is 8.74. The summed E-state index contributed by atoms with van der Waals surface area (Å²) >= 11 is 11.9. The van der Waals surface area contributed by atoms with Gasteiger partial charge in [-0.3, -0.25) is 9.35 Å². The Bertz CT molecular complexity index is 1100. The molecule has 2 aromatic carbocycles. The normalized spacial score (nSPS) is 17.4. The van der Waals surface area contributed by atoms with E-state index in [1.54, 1.807) is 0 Å². The van der Waals surface area contributed by atoms with Crippen molar-refractivity contribution in [2.24, 2.45) is 0 Å². The maximum absolute atomic E-state index is 13.1. The SMILES string of the molecule is O=C(C(c1ccc(Cl)c(Cl)c1)S(=O)(=O)O)N1CCN(c2cccc3c2OCCO3)CC1. The fourth-order valence-corrected chi connectivity index (χ4v) is 4.96. The topological polar surface area (TPSA) is 96.4 Å². The molecule has 1 N–H and O–H groups in total. The molecule has 0 spiro atoms. The third-order valence-electron chi connectivity index (χ3n) is 5.25. The van der Waals surface area contributed by atoms with Crippen LogP contribution < -0.4 is 14.4 Å². The number of anilines is 1. The molecule has 0 aromatic heterocycles. The van der Waals surface area contributed by atoms with Gasteiger partial charge in [-0.1, -0.05) is 35.3 Å². The zero-order valence-corrected chi connectivity index (χ0v) is 18.7. The molecule has 2 aliphatic rings. The quantitative estimate of drug-likeness (QED) is 0.663. The lowest BCUT2D eigenvalue weighted by Crippen LogP contribution is -2.51. The van der Waals surface area contributed by atoms with Gasteiger partial charge in [-0.25, -0.2) is 0 Å². The number of benzene rings is 2. The first-order chi connectivity index (χ1) is 14.8. The van der Waals surface area contributed by atoms with Crippen LogP contribution in [0.1, 0.15) is 10.8 Å². The van der Waals surface area contributed by atoms with Crippen molar-refractivity contribution in [2.75, 3.05) is 44.3 Å². The van der Waals surface area contributed by atoms with E-state index in [-0.39, 0.29) is 28.7 Å². The van der Waals surface area contributed by atoms with Crippen LogP contribution in [-0.4, -0.2) is 63.2 Å². The zero-order valence-electron chi connectivity index (χ0n) is 16.3. The lowest BCUT2D eigenvalue weighted by molar-refractivity contribution is -0.131. The van der Waals surface area contributed by atoms with E-state index >= 15 is 0 Å². The molecular weight excluding hydrogens is 467 g/mol. The summed E-state index contributed by atoms with van der Waals surface area (Å²) in [5.41, 5.74) is 0.923. The molecule has 11 heteroatoms. The number of hydrogen-bond acceptors (Lipinski definition) is 6. The molecule has 0 bridgehead atoms. The minimum absolute atomic E-state index is 0.0620. The molecule has 166 valence electrons. The number of rotatable bonds is 4. The number of para-hydroxylation sites is 1. The standard InChI is InChI=1S/C20H20Cl2N2O6S/c21-14-5-4-13(12-15(14)22)19(31(26,27)28)20(25)24-8-6-23(7-9-24)16-2-1-3-17-18(16)30-11-10-29-17/h1-5,12,19H,6-11H2,(H,26,27,28). The summed E-state index contributed by atoms with van der Waals surface area (Å²) in [5.74, 6) is 0.628. The number of fused-ring (bicyclic) bond motifs is 1. The Kier molecular flexibility index (Phi) is 6.20. The average molecular weight is 487 g/mol. The monoisotopic (exact) mass is 486 g/mol. The van der Waals surface area contributed by atoms with Gasteiger partial charge in [0.15, 0.2) is 16.7 Å². The van der Waals surface area contributed by atoms with Crippen molar-refractivity contribution in [3.05, 3.63) is 52.0 Å². The highest BCUT2D eigenvalue weighted by molar-refractivity contribution is 7.86. The van der Waals surface area contributed by atoms with Crippen molar-refractivity contribution in [1.29, 1.82) is 0 Å². The van der Waals surface area contributed by atoms with Crippen molar-refractivity contribution >= 4 is 44.9 Å². The van der Waals surface area contributed by atoms with Crippen molar-refractivity contribution in [2.45, 2.75) is 5.25 Å². The number of hydrogen-bond donors (Lipinski definition) is 1. The summed E-state index contributed by atoms with van der Waals surface area (Å²) in [4.78, 5) is 16.5. The number of piperazine rings is 1. The Morgan fingerprint density at radius 1 is 1.00 bits per heavy atom. The molecule has 2 aromatic rings. The molecule has 4 rings (SSSR count). The minimum Gasteiger partial charge on any atom is -0.486 e. The summed E-state index contributed by atoms with van der Waals surface area (Å²) in [5, 5.41) is -1.45. The van der Waals surface area contributed by atoms with E-state index in [4.69, 9.17) is 32.7 Å². The van der Waals surface area contributed by atoms with Crippen molar-refractivity contribution < 1.29 is 27.2 Å². The van der Waals surface area contributed by atoms with Crippen molar-refractivity contribution in [1.82, 2.24) is 4.90 Å². The molecule has 1 saturated heterocycles. The molecule has 31 heavy (non-hydrogen) atoms. The van der Waals surface area contributed by atoms with Crippen LogP contribution in [0.25, 0.3) is 0 Å². The van der Waals surface area contributed by atoms with E-state index in [0.717, 1.165) is 5.69 Å². The maximum Gasteiger partial charge on any atom is 0.281 e. The molecule has 0 aliphatic carbocycles. The fourth-order valence-electron chi connectivity index (χ4n) is 3.76. The Morgan fingerprint density at radius 2 is 1.71 bits per heavy atom. The number of halogens is 2. The van der Waals surface area contributed by atoms with Crippen LogP contribution in [0.3, 0.4) is 0 Å². The Morgan fingerprint density at radius 3 is 2.39 bits per heavy atom. The molecular formula is C20H20Cl2N2O6S. The highest BCUT2D eigenvalue weighted by atomic mass is 35.5. The van der Waals surface area contributed by atoms with Gasteiger partial charge in [-0.05, 0) is 29.8 Å². The summed E-state index contributed by atoms with van der Waals surface area (Å²) in [6, 6.07) is 9.67. The van der Waals surface area contributed by atoms with Crippen LogP contribution in [0.4, 0.5) is 5.69 Å². The smallest absolute Gasteiger partial charge is 0.281 e. The Balaban J connectivity index is 1.52. The van der Waals surface area contributed by atoms with Gasteiger partial charge < -0.3 is 19.3 Å². The Labute approximate surface area is 190 Å². The lowest BCUT2D eigenvalue weighted by Gasteiger charge is -2.38. The number of amides is 1. The predicted octanol–water partition coefficient (Wildman–Crippen LogP) is 3.04. The molecule has 1 unspecified atom stereocenters. The average Bonchev–Trinajstić information content (AvgIpc) is 2.75. The van der Waals surface area contributed by atoms with Gasteiger partial charge in [0.05, 0.1) is 15.7 Å². The van der Waals surface area contributed by atoms with Crippen molar-refractivity contribution in [3.8, 4) is 11.5 Å². The molecule has 1 atom stereocenters. The van der Waals surface area contributed by atoms with E-state index in [9.17, 15) is 17.8 Å². The van der Waals surface area contributed by atoms with Crippen LogP contribution in [0.2, 0.25) is 10.0 Å². The van der Waals surface area contributed by atoms with Gasteiger partial charge in [0.2, 0.25) is 5.91 Å². The van der Waals surface area contributed by atoms with Crippen LogP contribution in [0, 0.1) is 0 Å². The zero-order chi connectivity index (χ0) is 22.2. The summed E-state index contributed by atoms with van der Waals surface area (Å²) in [7, 11) is -4.72. The Hall–Kier alpha value is -2.20. The largest absolute Gasteiger partial charge is 0.486 e. The summed E-state index contributed by atoms with van der Waals surface area (Å²) in [6.45, 7) is 2.43. The van der Waals surface area contributed by atoms with E-state index in [1.807, 2.05) is 18.2 Å². The maximum atomic E-state index is 13.1. The second-order valence-corrected chi connectivity index (χ2v) is 9.50. The van der Waals surface area contributed by atoms with Crippen LogP contribution in [0.15, 0.2) is 36.4 Å². The molecule has 1 amide bonds. The van der Waals surface area contributed by atoms with Gasteiger partial charge in [-0.2, -0.15) is 8.42 Å². The van der Waals surface area contributed by atoms with Crippen LogP contribution in [0.5, 0.6) is 11.5 Å². The minimum atomic E-state index is -4.72. The van der Waals surface area contributed by atoms with Gasteiger partial charge in [-0.15, -0.1) is 0 Å². The number of carbonyl (C=O) groups is 1. The number of carbonyl (C=O) groups excluding carboxylic acids is 1. The third kappa shape index (κ3) is 4.55. The molecule has 0 radical (unpaired) electrons. The highest BCUT2D eigenvalue weighted by Crippen LogP contribution is 2.40. The number of nitrogens with zero attached hydrogens (tertiary/aromatic N) is 2. The third-order valence-corrected chi connectivity index (χ3v) is 7.05. The lowest BCUT2D eigenvalue weighted by atomic mass is 10.1. The van der Waals surface area contributed by atoms with E-state index in [0.29, 0.717) is 37.8 Å². The number of ether oxygens (including phenoxy) is 2. The van der Waals surface area contributed by atoms with E-state index in [1.165, 1.54) is 23.1 Å². The molecule has 1 fully saturated rings. The highest BCUT2D eigenvalue weighted by Gasteiger charge is 2.38. The first kappa shape index (κ1) is 22.0. The predicted molar refractivity (Wildman–Crippen MR) is 117 cm³/mol. The summed E-state index contributed by atoms with van der Waals surface area (Å²) in [6.07, 6.45) is 0. The van der Waals surface area contributed by atoms with Gasteiger partial charge in [0.25, 0.3) is 10.1 Å². The van der Waals surface area contributed by atoms with Crippen LogP contribution in [-0.2, 0) is 14.9 Å². The van der Waals surface area contributed by atoms with Gasteiger partial charge in [0.1, 0.15) is 13.2 Å². The molecule has 8 nitrogen and oxygen atoms in total. The molecule has 2 heterocycles.